The topological polar surface area (TPSA) is 92.6 Å². The highest BCUT2D eigenvalue weighted by molar-refractivity contribution is 9.10. The Kier molecular flexibility index (Phi) is 9.59. The molecule has 0 radical (unpaired) electrons. The van der Waals surface area contributed by atoms with E-state index in [0.29, 0.717) is 23.0 Å². The van der Waals surface area contributed by atoms with Crippen LogP contribution in [0.3, 0.4) is 0 Å². The van der Waals surface area contributed by atoms with Crippen LogP contribution >= 0.6 is 15.9 Å². The first kappa shape index (κ1) is 31.1. The van der Waals surface area contributed by atoms with E-state index in [1.165, 1.54) is 18.4 Å². The van der Waals surface area contributed by atoms with Crippen molar-refractivity contribution < 1.29 is 14.6 Å². The summed E-state index contributed by atoms with van der Waals surface area (Å²) in [6, 6.07) is 17.7. The summed E-state index contributed by atoms with van der Waals surface area (Å²) in [6.45, 7) is 2.48. The number of carbonyl (C=O) groups excluding carboxylic acids is 1. The summed E-state index contributed by atoms with van der Waals surface area (Å²) >= 11 is 3.40. The molecule has 2 saturated carbocycles. The SMILES string of the molecule is CCc1ccc2c(c1)C(NC[C@@H](O)[C@H](Cc1ccccc1)NC(=O)c1cc(Br)c(=O)n(C3CCCC3)c1)CC1(CCCC1)O2. The highest BCUT2D eigenvalue weighted by Gasteiger charge is 2.43. The van der Waals surface area contributed by atoms with Gasteiger partial charge >= 0.3 is 0 Å². The second-order valence-corrected chi connectivity index (χ2v) is 13.8. The number of benzene rings is 2. The van der Waals surface area contributed by atoms with Crippen molar-refractivity contribution in [2.75, 3.05) is 6.54 Å². The van der Waals surface area contributed by atoms with Gasteiger partial charge in [0.05, 0.1) is 22.2 Å². The van der Waals surface area contributed by atoms with Gasteiger partial charge in [0.2, 0.25) is 0 Å². The Labute approximate surface area is 268 Å². The Hall–Kier alpha value is -2.94. The van der Waals surface area contributed by atoms with Crippen molar-refractivity contribution in [1.82, 2.24) is 15.2 Å². The summed E-state index contributed by atoms with van der Waals surface area (Å²) in [5.41, 5.74) is 3.59. The molecular weight excluding hydrogens is 618 g/mol. The molecule has 3 aromatic rings. The molecule has 1 spiro atoms. The predicted octanol–water partition coefficient (Wildman–Crippen LogP) is 6.42. The van der Waals surface area contributed by atoms with Gasteiger partial charge in [0.15, 0.2) is 0 Å². The zero-order valence-electron chi connectivity index (χ0n) is 25.6. The number of carbonyl (C=O) groups is 1. The first-order valence-corrected chi connectivity index (χ1v) is 17.1. The minimum absolute atomic E-state index is 0.0528. The van der Waals surface area contributed by atoms with Crippen molar-refractivity contribution in [2.45, 2.75) is 107 Å². The number of aliphatic hydroxyl groups is 1. The zero-order valence-corrected chi connectivity index (χ0v) is 27.2. The van der Waals surface area contributed by atoms with Crippen molar-refractivity contribution in [1.29, 1.82) is 0 Å². The molecule has 2 aliphatic carbocycles. The number of aliphatic hydroxyl groups excluding tert-OH is 1. The first-order valence-electron chi connectivity index (χ1n) is 16.3. The lowest BCUT2D eigenvalue weighted by Gasteiger charge is -2.41. The van der Waals surface area contributed by atoms with E-state index < -0.39 is 12.1 Å². The molecule has 3 atom stereocenters. The number of ether oxygens (including phenoxy) is 1. The molecule has 0 saturated heterocycles. The van der Waals surface area contributed by atoms with Crippen LogP contribution in [-0.2, 0) is 12.8 Å². The van der Waals surface area contributed by atoms with Gasteiger partial charge in [-0.05, 0) is 90.6 Å². The van der Waals surface area contributed by atoms with Crippen LogP contribution in [0.4, 0.5) is 0 Å². The first-order chi connectivity index (χ1) is 21.3. The molecule has 8 heteroatoms. The van der Waals surface area contributed by atoms with Crippen molar-refractivity contribution in [2.24, 2.45) is 0 Å². The number of hydrogen-bond acceptors (Lipinski definition) is 5. The van der Waals surface area contributed by atoms with Crippen LogP contribution in [0, 0.1) is 0 Å². The maximum Gasteiger partial charge on any atom is 0.265 e. The van der Waals surface area contributed by atoms with Crippen LogP contribution in [0.5, 0.6) is 5.75 Å². The van der Waals surface area contributed by atoms with Crippen molar-refractivity contribution in [3.05, 3.63) is 97.9 Å². The number of hydrogen-bond donors (Lipinski definition) is 3. The molecule has 3 aliphatic rings. The van der Waals surface area contributed by atoms with Gasteiger partial charge in [0, 0.05) is 36.8 Å². The minimum Gasteiger partial charge on any atom is -0.487 e. The lowest BCUT2D eigenvalue weighted by molar-refractivity contribution is 0.0326. The normalized spacial score (nSPS) is 20.7. The summed E-state index contributed by atoms with van der Waals surface area (Å²) in [4.78, 5) is 26.6. The molecule has 0 bridgehead atoms. The van der Waals surface area contributed by atoms with E-state index in [4.69, 9.17) is 4.74 Å². The van der Waals surface area contributed by atoms with Gasteiger partial charge in [-0.2, -0.15) is 0 Å². The second-order valence-electron chi connectivity index (χ2n) is 12.9. The van der Waals surface area contributed by atoms with Gasteiger partial charge in [-0.15, -0.1) is 0 Å². The lowest BCUT2D eigenvalue weighted by atomic mass is 9.85. The number of aromatic nitrogens is 1. The van der Waals surface area contributed by atoms with Gasteiger partial charge in [-0.3, -0.25) is 9.59 Å². The molecule has 2 fully saturated rings. The average molecular weight is 663 g/mol. The second kappa shape index (κ2) is 13.6. The largest absolute Gasteiger partial charge is 0.487 e. The zero-order chi connectivity index (χ0) is 30.7. The van der Waals surface area contributed by atoms with Crippen LogP contribution in [0.2, 0.25) is 0 Å². The molecule has 1 unspecified atom stereocenters. The van der Waals surface area contributed by atoms with Crippen molar-refractivity contribution >= 4 is 21.8 Å². The van der Waals surface area contributed by atoms with Crippen LogP contribution in [-0.4, -0.2) is 39.9 Å². The van der Waals surface area contributed by atoms with E-state index in [9.17, 15) is 14.7 Å². The average Bonchev–Trinajstić information content (AvgIpc) is 3.74. The summed E-state index contributed by atoms with van der Waals surface area (Å²) in [6.07, 6.45) is 11.6. The maximum absolute atomic E-state index is 13.7. The van der Waals surface area contributed by atoms with E-state index >= 15 is 0 Å². The molecule has 7 nitrogen and oxygen atoms in total. The molecule has 44 heavy (non-hydrogen) atoms. The molecule has 1 aromatic heterocycles. The van der Waals surface area contributed by atoms with Crippen LogP contribution < -0.4 is 20.9 Å². The van der Waals surface area contributed by atoms with Crippen LogP contribution in [0.1, 0.15) is 104 Å². The van der Waals surface area contributed by atoms with E-state index in [2.05, 4.69) is 51.7 Å². The molecule has 2 heterocycles. The standard InChI is InChI=1S/C36H44BrN3O4/c1-2-24-14-15-33-28(18-24)31(21-36(44-33)16-8-9-17-36)38-22-32(41)30(19-25-10-4-3-5-11-25)39-34(42)26-20-29(37)35(43)40(23-26)27-12-6-7-13-27/h3-5,10-11,14-15,18,20,23,27,30-32,38,41H,2,6-9,12-13,16-17,19,21-22H2,1H3,(H,39,42)/t30-,31?,32+/m0/s1. The third-order valence-electron chi connectivity index (χ3n) is 9.91. The third kappa shape index (κ3) is 6.82. The van der Waals surface area contributed by atoms with Crippen molar-refractivity contribution in [3.8, 4) is 5.75 Å². The molecular formula is C36H44BrN3O4. The highest BCUT2D eigenvalue weighted by atomic mass is 79.9. The van der Waals surface area contributed by atoms with E-state index in [0.717, 1.165) is 68.2 Å². The lowest BCUT2D eigenvalue weighted by Crippen LogP contribution is -2.50. The molecule has 234 valence electrons. The molecule has 2 aromatic carbocycles. The Morgan fingerprint density at radius 1 is 1.07 bits per heavy atom. The van der Waals surface area contributed by atoms with Gasteiger partial charge < -0.3 is 25.0 Å². The number of pyridine rings is 1. The molecule has 1 amide bonds. The number of aryl methyl sites for hydroxylation is 1. The van der Waals surface area contributed by atoms with E-state index in [-0.39, 0.29) is 29.2 Å². The summed E-state index contributed by atoms with van der Waals surface area (Å²) in [7, 11) is 0. The monoisotopic (exact) mass is 661 g/mol. The Bertz CT molecular complexity index is 1510. The van der Waals surface area contributed by atoms with Gasteiger partial charge in [-0.1, -0.05) is 62.2 Å². The quantitative estimate of drug-likeness (QED) is 0.233. The van der Waals surface area contributed by atoms with E-state index in [1.54, 1.807) is 16.8 Å². The number of rotatable bonds is 10. The number of nitrogens with zero attached hydrogens (tertiary/aromatic N) is 1. The third-order valence-corrected chi connectivity index (χ3v) is 10.5. The molecule has 6 rings (SSSR count). The molecule has 3 N–H and O–H groups in total. The maximum atomic E-state index is 13.7. The fourth-order valence-corrected chi connectivity index (χ4v) is 7.85. The summed E-state index contributed by atoms with van der Waals surface area (Å²) in [5, 5.41) is 18.5. The number of nitrogens with one attached hydrogen (secondary N) is 2. The number of fused-ring (bicyclic) bond motifs is 1. The van der Waals surface area contributed by atoms with Crippen molar-refractivity contribution in [3.63, 3.8) is 0 Å². The smallest absolute Gasteiger partial charge is 0.265 e. The summed E-state index contributed by atoms with van der Waals surface area (Å²) in [5.74, 6) is 0.644. The van der Waals surface area contributed by atoms with Crippen LogP contribution in [0.15, 0.2) is 70.1 Å². The Balaban J connectivity index is 1.22. The fraction of sp³-hybridized carbons (Fsp3) is 0.500. The molecule has 1 aliphatic heterocycles. The Morgan fingerprint density at radius 3 is 2.55 bits per heavy atom. The van der Waals surface area contributed by atoms with Gasteiger partial charge in [0.25, 0.3) is 11.5 Å². The van der Waals surface area contributed by atoms with Gasteiger partial charge in [-0.25, -0.2) is 0 Å². The highest BCUT2D eigenvalue weighted by Crippen LogP contribution is 2.47. The Morgan fingerprint density at radius 2 is 1.82 bits per heavy atom. The minimum atomic E-state index is -0.844. The number of halogens is 1. The van der Waals surface area contributed by atoms with Gasteiger partial charge in [0.1, 0.15) is 11.4 Å². The predicted molar refractivity (Wildman–Crippen MR) is 176 cm³/mol. The fourth-order valence-electron chi connectivity index (χ4n) is 7.40. The summed E-state index contributed by atoms with van der Waals surface area (Å²) < 4.78 is 8.71. The van der Waals surface area contributed by atoms with Crippen LogP contribution in [0.25, 0.3) is 0 Å². The van der Waals surface area contributed by atoms with E-state index in [1.807, 2.05) is 30.3 Å². The number of amides is 1.